The zero-order chi connectivity index (χ0) is 23.8. The van der Waals surface area contributed by atoms with Crippen molar-refractivity contribution in [3.63, 3.8) is 0 Å². The van der Waals surface area contributed by atoms with Crippen LogP contribution in [-0.2, 0) is 16.1 Å². The summed E-state index contributed by atoms with van der Waals surface area (Å²) < 4.78 is 0. The van der Waals surface area contributed by atoms with Crippen molar-refractivity contribution in [3.8, 4) is 0 Å². The van der Waals surface area contributed by atoms with Gasteiger partial charge in [-0.1, -0.05) is 43.7 Å². The van der Waals surface area contributed by atoms with Crippen LogP contribution in [0.25, 0.3) is 0 Å². The molecule has 1 saturated heterocycles. The van der Waals surface area contributed by atoms with E-state index in [9.17, 15) is 9.59 Å². The van der Waals surface area contributed by atoms with Crippen LogP contribution in [0.1, 0.15) is 63.5 Å². The number of carbonyl (C=O) groups excluding carboxylic acids is 2. The lowest BCUT2D eigenvalue weighted by molar-refractivity contribution is -0.125. The van der Waals surface area contributed by atoms with E-state index in [1.807, 2.05) is 0 Å². The molecule has 1 aromatic rings. The van der Waals surface area contributed by atoms with Crippen LogP contribution in [-0.4, -0.2) is 61.8 Å². The number of hydrogen-bond acceptors (Lipinski definition) is 4. The van der Waals surface area contributed by atoms with Crippen LogP contribution < -0.4 is 5.32 Å². The molecule has 1 aliphatic heterocycles. The summed E-state index contributed by atoms with van der Waals surface area (Å²) in [5.74, 6) is 2.53. The van der Waals surface area contributed by atoms with Crippen molar-refractivity contribution in [2.24, 2.45) is 23.2 Å². The van der Waals surface area contributed by atoms with Crippen molar-refractivity contribution in [2.75, 3.05) is 39.8 Å². The van der Waals surface area contributed by atoms with Crippen LogP contribution in [0.3, 0.4) is 0 Å². The van der Waals surface area contributed by atoms with Gasteiger partial charge in [0, 0.05) is 39.1 Å². The first kappa shape index (κ1) is 25.9. The lowest BCUT2D eigenvalue weighted by atomic mass is 9.58. The number of nitrogens with one attached hydrogen (secondary N) is 1. The molecule has 0 spiro atoms. The number of amides is 1. The van der Waals surface area contributed by atoms with Crippen LogP contribution in [0.15, 0.2) is 24.3 Å². The van der Waals surface area contributed by atoms with Crippen LogP contribution >= 0.6 is 0 Å². The van der Waals surface area contributed by atoms with Gasteiger partial charge in [-0.2, -0.15) is 0 Å². The predicted molar refractivity (Wildman–Crippen MR) is 135 cm³/mol. The lowest BCUT2D eigenvalue weighted by Crippen LogP contribution is -2.43. The molecule has 0 radical (unpaired) electrons. The maximum atomic E-state index is 11.8. The van der Waals surface area contributed by atoms with E-state index >= 15 is 0 Å². The minimum atomic E-state index is 0.0395. The highest BCUT2D eigenvalue weighted by Gasteiger charge is 2.41. The molecular weight excluding hydrogens is 410 g/mol. The van der Waals surface area contributed by atoms with E-state index in [-0.39, 0.29) is 17.9 Å². The van der Waals surface area contributed by atoms with Gasteiger partial charge in [0.2, 0.25) is 5.91 Å². The summed E-state index contributed by atoms with van der Waals surface area (Å²) in [5, 5.41) is 2.67. The molecule has 5 nitrogen and oxygen atoms in total. The molecule has 33 heavy (non-hydrogen) atoms. The number of benzene rings is 1. The largest absolute Gasteiger partial charge is 0.349 e. The zero-order valence-electron chi connectivity index (χ0n) is 21.3. The smallest absolute Gasteiger partial charge is 0.220 e. The first-order valence-electron chi connectivity index (χ1n) is 12.9. The minimum absolute atomic E-state index is 0.0395. The van der Waals surface area contributed by atoms with Gasteiger partial charge >= 0.3 is 0 Å². The van der Waals surface area contributed by atoms with E-state index in [1.165, 1.54) is 69.4 Å². The molecule has 2 unspecified atom stereocenters. The predicted octanol–water partition coefficient (Wildman–Crippen LogP) is 4.29. The summed E-state index contributed by atoms with van der Waals surface area (Å²) in [4.78, 5) is 27.0. The van der Waals surface area contributed by atoms with Gasteiger partial charge in [-0.15, -0.1) is 0 Å². The van der Waals surface area contributed by atoms with Crippen LogP contribution in [0.4, 0.5) is 0 Å². The lowest BCUT2D eigenvalue weighted by Gasteiger charge is -2.47. The summed E-state index contributed by atoms with van der Waals surface area (Å²) in [7, 11) is 2.20. The van der Waals surface area contributed by atoms with Gasteiger partial charge in [0.1, 0.15) is 6.29 Å². The molecule has 3 aliphatic rings. The SMILES string of the molecule is CC1CC2CC(C1)CC(C)(CC(=O)NCC=O)C2.Cc1ccc(CN2CCN(C)CC2)cc1. The Kier molecular flexibility index (Phi) is 9.51. The van der Waals surface area contributed by atoms with E-state index in [0.29, 0.717) is 6.42 Å². The molecule has 0 aromatic heterocycles. The second-order valence-corrected chi connectivity index (χ2v) is 11.5. The van der Waals surface area contributed by atoms with Crippen LogP contribution in [0.5, 0.6) is 0 Å². The quantitative estimate of drug-likeness (QED) is 0.651. The van der Waals surface area contributed by atoms with Crippen LogP contribution in [0.2, 0.25) is 0 Å². The number of aryl methyl sites for hydroxylation is 1. The minimum Gasteiger partial charge on any atom is -0.349 e. The van der Waals surface area contributed by atoms with Crippen molar-refractivity contribution in [1.29, 1.82) is 0 Å². The molecule has 1 aromatic carbocycles. The molecule has 3 fully saturated rings. The van der Waals surface area contributed by atoms with Crippen molar-refractivity contribution < 1.29 is 9.59 Å². The Morgan fingerprint density at radius 1 is 1.06 bits per heavy atom. The second-order valence-electron chi connectivity index (χ2n) is 11.5. The standard InChI is InChI=1S/C15H25NO2.C13H20N2/c1-11-5-12-7-13(6-11)9-15(2,8-12)10-14(18)16-3-4-17;1-12-3-5-13(6-4-12)11-15-9-7-14(2)8-10-15/h4,11-13H,3,5-10H2,1-2H3,(H,16,18);3-6H,7-11H2,1-2H3. The molecule has 1 heterocycles. The monoisotopic (exact) mass is 455 g/mol. The fraction of sp³-hybridized carbons (Fsp3) is 0.714. The molecule has 5 heteroatoms. The Labute approximate surface area is 201 Å². The highest BCUT2D eigenvalue weighted by Crippen LogP contribution is 2.51. The number of nitrogens with zero attached hydrogens (tertiary/aromatic N) is 2. The molecule has 2 aliphatic carbocycles. The zero-order valence-corrected chi connectivity index (χ0v) is 21.3. The number of hydrogen-bond donors (Lipinski definition) is 1. The van der Waals surface area contributed by atoms with Crippen LogP contribution in [0, 0.1) is 30.1 Å². The van der Waals surface area contributed by atoms with Gasteiger partial charge < -0.3 is 15.0 Å². The molecule has 4 rings (SSSR count). The average molecular weight is 456 g/mol. The maximum absolute atomic E-state index is 11.8. The van der Waals surface area contributed by atoms with Gasteiger partial charge in [0.15, 0.2) is 0 Å². The Bertz CT molecular complexity index is 737. The van der Waals surface area contributed by atoms with E-state index < -0.39 is 0 Å². The van der Waals surface area contributed by atoms with E-state index in [0.717, 1.165) is 30.6 Å². The average Bonchev–Trinajstić information content (AvgIpc) is 2.74. The van der Waals surface area contributed by atoms with Crippen molar-refractivity contribution in [3.05, 3.63) is 35.4 Å². The normalized spacial score (nSPS) is 30.1. The fourth-order valence-electron chi connectivity index (χ4n) is 6.42. The third-order valence-electron chi connectivity index (χ3n) is 7.79. The maximum Gasteiger partial charge on any atom is 0.220 e. The van der Waals surface area contributed by atoms with Gasteiger partial charge in [0.05, 0.1) is 6.54 Å². The number of rotatable bonds is 6. The first-order chi connectivity index (χ1) is 15.7. The number of fused-ring (bicyclic) bond motifs is 2. The highest BCUT2D eigenvalue weighted by atomic mass is 16.2. The highest BCUT2D eigenvalue weighted by molar-refractivity contribution is 5.78. The van der Waals surface area contributed by atoms with E-state index in [2.05, 4.69) is 67.2 Å². The van der Waals surface area contributed by atoms with E-state index in [4.69, 9.17) is 0 Å². The number of aldehydes is 1. The van der Waals surface area contributed by atoms with Gasteiger partial charge in [0.25, 0.3) is 0 Å². The Morgan fingerprint density at radius 2 is 1.67 bits per heavy atom. The Morgan fingerprint density at radius 3 is 2.24 bits per heavy atom. The third-order valence-corrected chi connectivity index (χ3v) is 7.79. The molecule has 1 N–H and O–H groups in total. The van der Waals surface area contributed by atoms with Crippen molar-refractivity contribution in [2.45, 2.75) is 65.8 Å². The van der Waals surface area contributed by atoms with Crippen molar-refractivity contribution in [1.82, 2.24) is 15.1 Å². The van der Waals surface area contributed by atoms with E-state index in [1.54, 1.807) is 0 Å². The Hall–Kier alpha value is -1.72. The molecule has 2 atom stereocenters. The Balaban J connectivity index is 0.000000189. The van der Waals surface area contributed by atoms with Gasteiger partial charge in [-0.05, 0) is 74.8 Å². The molecule has 2 bridgehead atoms. The van der Waals surface area contributed by atoms with Gasteiger partial charge in [-0.3, -0.25) is 9.69 Å². The summed E-state index contributed by atoms with van der Waals surface area (Å²) in [6.45, 7) is 12.8. The topological polar surface area (TPSA) is 52.7 Å². The number of carbonyl (C=O) groups is 2. The molecular formula is C28H45N3O2. The number of likely N-dealkylation sites (N-methyl/N-ethyl adjacent to an activating group) is 1. The van der Waals surface area contributed by atoms with Gasteiger partial charge in [-0.25, -0.2) is 0 Å². The number of piperazine rings is 1. The summed E-state index contributed by atoms with van der Waals surface area (Å²) in [6, 6.07) is 8.89. The summed E-state index contributed by atoms with van der Waals surface area (Å²) >= 11 is 0. The summed E-state index contributed by atoms with van der Waals surface area (Å²) in [6.07, 6.45) is 7.74. The second kappa shape index (κ2) is 12.1. The first-order valence-corrected chi connectivity index (χ1v) is 12.9. The van der Waals surface area contributed by atoms with Crippen molar-refractivity contribution >= 4 is 12.2 Å². The molecule has 1 amide bonds. The third kappa shape index (κ3) is 8.53. The fourth-order valence-corrected chi connectivity index (χ4v) is 6.42. The summed E-state index contributed by atoms with van der Waals surface area (Å²) in [5.41, 5.74) is 2.93. The molecule has 2 saturated carbocycles. The molecule has 184 valence electrons.